The molecule has 0 aromatic heterocycles. The van der Waals surface area contributed by atoms with Gasteiger partial charge in [0, 0.05) is 49.0 Å². The predicted molar refractivity (Wildman–Crippen MR) is 179 cm³/mol. The highest BCUT2D eigenvalue weighted by Crippen LogP contribution is 2.41. The molecule has 0 amide bonds. The molecule has 10 heteroatoms. The number of halogens is 1. The number of carbonyl (C=O) groups is 2. The lowest BCUT2D eigenvalue weighted by molar-refractivity contribution is -0.384. The van der Waals surface area contributed by atoms with E-state index in [4.69, 9.17) is 9.47 Å². The number of rotatable bonds is 10. The zero-order valence-electron chi connectivity index (χ0n) is 26.5. The first-order valence-corrected chi connectivity index (χ1v) is 15.2. The predicted octanol–water partition coefficient (Wildman–Crippen LogP) is 6.65. The summed E-state index contributed by atoms with van der Waals surface area (Å²) in [7, 11) is 1.27. The topological polar surface area (TPSA) is 111 Å². The Morgan fingerprint density at radius 3 is 2.11 bits per heavy atom. The standard InChI is InChI=1S/C36H39N3O6.ClH/c1-24-31(34(40)44-4)33(28-16-11-17-29(22-28)39(42)43)32(25(2)37-24)35(41)45-36(3)19-21-38(23-36)20-18-30(26-12-7-5-8-13-26)27-14-9-6-10-15-27;/h5-17,22,30,33,37H,18-21,23H2,1-4H3;1H/t33-,36-;/m0./s1. The van der Waals surface area contributed by atoms with Crippen LogP contribution in [-0.2, 0) is 19.1 Å². The van der Waals surface area contributed by atoms with E-state index in [0.717, 1.165) is 19.5 Å². The number of hydrogen-bond donors (Lipinski definition) is 1. The second-order valence-corrected chi connectivity index (χ2v) is 12.0. The van der Waals surface area contributed by atoms with Crippen molar-refractivity contribution in [2.45, 2.75) is 51.0 Å². The first-order chi connectivity index (χ1) is 21.6. The Morgan fingerprint density at radius 2 is 1.54 bits per heavy atom. The molecule has 46 heavy (non-hydrogen) atoms. The molecular weight excluding hydrogens is 606 g/mol. The summed E-state index contributed by atoms with van der Waals surface area (Å²) in [4.78, 5) is 40.5. The first kappa shape index (κ1) is 34.4. The number of carbonyl (C=O) groups excluding carboxylic acids is 2. The molecule has 1 saturated heterocycles. The molecule has 3 aromatic rings. The van der Waals surface area contributed by atoms with Crippen molar-refractivity contribution in [3.63, 3.8) is 0 Å². The van der Waals surface area contributed by atoms with E-state index in [2.05, 4.69) is 58.7 Å². The van der Waals surface area contributed by atoms with E-state index in [1.807, 2.05) is 19.1 Å². The Morgan fingerprint density at radius 1 is 0.957 bits per heavy atom. The van der Waals surface area contributed by atoms with Crippen molar-refractivity contribution in [3.8, 4) is 0 Å². The molecule has 0 aliphatic carbocycles. The number of esters is 2. The van der Waals surface area contributed by atoms with E-state index in [-0.39, 0.29) is 35.2 Å². The van der Waals surface area contributed by atoms with Crippen LogP contribution in [0, 0.1) is 10.1 Å². The van der Waals surface area contributed by atoms with Gasteiger partial charge in [0.2, 0.25) is 0 Å². The van der Waals surface area contributed by atoms with Gasteiger partial charge in [-0.3, -0.25) is 15.0 Å². The molecule has 0 saturated carbocycles. The zero-order valence-corrected chi connectivity index (χ0v) is 27.3. The van der Waals surface area contributed by atoms with E-state index < -0.39 is 28.4 Å². The van der Waals surface area contributed by atoms with Gasteiger partial charge in [-0.25, -0.2) is 9.59 Å². The molecule has 9 nitrogen and oxygen atoms in total. The van der Waals surface area contributed by atoms with Crippen LogP contribution in [0.5, 0.6) is 0 Å². The van der Waals surface area contributed by atoms with Crippen LogP contribution < -0.4 is 5.32 Å². The third-order valence-electron chi connectivity index (χ3n) is 8.79. The fourth-order valence-electron chi connectivity index (χ4n) is 6.58. The van der Waals surface area contributed by atoms with E-state index >= 15 is 0 Å². The molecular formula is C36H40ClN3O6. The van der Waals surface area contributed by atoms with Gasteiger partial charge in [0.25, 0.3) is 5.69 Å². The lowest BCUT2D eigenvalue weighted by Crippen LogP contribution is -2.39. The fraction of sp³-hybridized carbons (Fsp3) is 0.333. The number of nitrogens with one attached hydrogen (secondary N) is 1. The van der Waals surface area contributed by atoms with Crippen molar-refractivity contribution in [2.24, 2.45) is 0 Å². The van der Waals surface area contributed by atoms with Gasteiger partial charge in [-0.2, -0.15) is 0 Å². The zero-order chi connectivity index (χ0) is 32.1. The summed E-state index contributed by atoms with van der Waals surface area (Å²) in [5.41, 5.74) is 3.54. The van der Waals surface area contributed by atoms with Crippen LogP contribution in [-0.4, -0.2) is 54.1 Å². The number of nitrogens with zero attached hydrogens (tertiary/aromatic N) is 2. The molecule has 0 bridgehead atoms. The minimum atomic E-state index is -0.898. The highest BCUT2D eigenvalue weighted by atomic mass is 35.5. The summed E-state index contributed by atoms with van der Waals surface area (Å²) in [5.74, 6) is -1.85. The van der Waals surface area contributed by atoms with E-state index in [0.29, 0.717) is 29.9 Å². The number of ether oxygens (including phenoxy) is 2. The molecule has 3 aromatic carbocycles. The lowest BCUT2D eigenvalue weighted by atomic mass is 9.80. The lowest BCUT2D eigenvalue weighted by Gasteiger charge is -2.33. The Kier molecular flexibility index (Phi) is 11.0. The van der Waals surface area contributed by atoms with E-state index in [9.17, 15) is 19.7 Å². The van der Waals surface area contributed by atoms with Gasteiger partial charge >= 0.3 is 11.9 Å². The number of non-ortho nitro benzene ring substituents is 1. The maximum Gasteiger partial charge on any atom is 0.337 e. The molecule has 0 unspecified atom stereocenters. The number of benzene rings is 3. The molecule has 0 radical (unpaired) electrons. The molecule has 1 fully saturated rings. The van der Waals surface area contributed by atoms with Gasteiger partial charge in [0.1, 0.15) is 5.60 Å². The Labute approximate surface area is 275 Å². The van der Waals surface area contributed by atoms with E-state index in [1.54, 1.807) is 26.0 Å². The molecule has 2 aliphatic rings. The van der Waals surface area contributed by atoms with Crippen LogP contribution in [0.1, 0.15) is 62.1 Å². The smallest absolute Gasteiger partial charge is 0.337 e. The Balaban J connectivity index is 0.00000480. The minimum Gasteiger partial charge on any atom is -0.466 e. The summed E-state index contributed by atoms with van der Waals surface area (Å²) in [6.07, 6.45) is 1.56. The summed E-state index contributed by atoms with van der Waals surface area (Å²) >= 11 is 0. The summed E-state index contributed by atoms with van der Waals surface area (Å²) in [5, 5.41) is 14.7. The number of nitro benzene ring substituents is 1. The Hall–Kier alpha value is -4.47. The van der Waals surface area contributed by atoms with Crippen LogP contribution in [0.15, 0.2) is 107 Å². The third-order valence-corrected chi connectivity index (χ3v) is 8.79. The van der Waals surface area contributed by atoms with Crippen LogP contribution in [0.2, 0.25) is 0 Å². The number of methoxy groups -OCH3 is 1. The third kappa shape index (κ3) is 7.49. The molecule has 0 spiro atoms. The number of nitro groups is 1. The second-order valence-electron chi connectivity index (χ2n) is 12.0. The summed E-state index contributed by atoms with van der Waals surface area (Å²) < 4.78 is 11.3. The van der Waals surface area contributed by atoms with Gasteiger partial charge < -0.3 is 14.8 Å². The average Bonchev–Trinajstić information content (AvgIpc) is 3.41. The van der Waals surface area contributed by atoms with Crippen LogP contribution in [0.3, 0.4) is 0 Å². The first-order valence-electron chi connectivity index (χ1n) is 15.2. The summed E-state index contributed by atoms with van der Waals surface area (Å²) in [6.45, 7) is 7.57. The van der Waals surface area contributed by atoms with Crippen LogP contribution >= 0.6 is 12.4 Å². The number of hydrogen-bond acceptors (Lipinski definition) is 8. The van der Waals surface area contributed by atoms with Crippen LogP contribution in [0.25, 0.3) is 0 Å². The number of dihydropyridines is 1. The van der Waals surface area contributed by atoms with Crippen molar-refractivity contribution >= 4 is 30.0 Å². The van der Waals surface area contributed by atoms with Crippen molar-refractivity contribution in [1.29, 1.82) is 0 Å². The second kappa shape index (κ2) is 14.7. The minimum absolute atomic E-state index is 0. The van der Waals surface area contributed by atoms with E-state index in [1.165, 1.54) is 30.4 Å². The fourth-order valence-corrected chi connectivity index (χ4v) is 6.58. The van der Waals surface area contributed by atoms with Gasteiger partial charge in [0.05, 0.1) is 29.1 Å². The highest BCUT2D eigenvalue weighted by Gasteiger charge is 2.43. The van der Waals surface area contributed by atoms with Gasteiger partial charge in [-0.15, -0.1) is 12.4 Å². The summed E-state index contributed by atoms with van der Waals surface area (Å²) in [6, 6.07) is 27.0. The number of allylic oxidation sites excluding steroid dienone is 2. The molecule has 2 heterocycles. The van der Waals surface area contributed by atoms with Gasteiger partial charge in [-0.1, -0.05) is 72.8 Å². The molecule has 1 N–H and O–H groups in total. The van der Waals surface area contributed by atoms with Gasteiger partial charge in [-0.05, 0) is 50.4 Å². The quantitative estimate of drug-likeness (QED) is 0.148. The molecule has 242 valence electrons. The molecule has 5 rings (SSSR count). The normalized spacial score (nSPS) is 19.8. The largest absolute Gasteiger partial charge is 0.466 e. The van der Waals surface area contributed by atoms with Crippen molar-refractivity contribution < 1.29 is 24.0 Å². The Bertz CT molecular complexity index is 1600. The van der Waals surface area contributed by atoms with Crippen molar-refractivity contribution in [3.05, 3.63) is 134 Å². The maximum atomic E-state index is 14.0. The average molecular weight is 646 g/mol. The van der Waals surface area contributed by atoms with Crippen molar-refractivity contribution in [1.82, 2.24) is 10.2 Å². The SMILES string of the molecule is COC(=O)C1=C(C)NC(C)=C(C(=O)O[C@@]2(C)CCN(CCC(c3ccccc3)c3ccccc3)C2)[C@H]1c1cccc([N+](=O)[O-])c1.Cl. The highest BCUT2D eigenvalue weighted by molar-refractivity contribution is 6.00. The van der Waals surface area contributed by atoms with Crippen LogP contribution in [0.4, 0.5) is 5.69 Å². The monoisotopic (exact) mass is 645 g/mol. The number of likely N-dealkylation sites (tertiary alicyclic amines) is 1. The molecule has 2 aliphatic heterocycles. The van der Waals surface area contributed by atoms with Crippen molar-refractivity contribution in [2.75, 3.05) is 26.7 Å². The molecule has 2 atom stereocenters. The van der Waals surface area contributed by atoms with Gasteiger partial charge in [0.15, 0.2) is 0 Å². The maximum absolute atomic E-state index is 14.0.